The second-order valence-electron chi connectivity index (χ2n) is 6.54. The first-order chi connectivity index (χ1) is 14.0. The lowest BCUT2D eigenvalue weighted by atomic mass is 10.2. The molecule has 1 aromatic carbocycles. The van der Waals surface area contributed by atoms with E-state index in [2.05, 4.69) is 20.1 Å². The summed E-state index contributed by atoms with van der Waals surface area (Å²) in [6.45, 7) is 1.32. The summed E-state index contributed by atoms with van der Waals surface area (Å²) >= 11 is 0. The number of hydrogen-bond acceptors (Lipinski definition) is 4. The largest absolute Gasteiger partial charge is 0.435 e. The number of rotatable bonds is 6. The highest BCUT2D eigenvalue weighted by Gasteiger charge is 2.27. The number of nitrogens with zero attached hydrogens (tertiary/aromatic N) is 5. The standard InChI is InChI=1S/C19H24F2N6O2/c1-3-22-19(23-10-14-5-4-6-16(9-14)29-18(20)21)26-7-8-27(17(28)13-26)15-11-24-25(2)12-15/h4-6,9,11-12,18H,3,7-8,10,13H2,1-2H3,(H,22,23). The van der Waals surface area contributed by atoms with E-state index in [-0.39, 0.29) is 24.7 Å². The SMILES string of the molecule is CCNC(=NCc1cccc(OC(F)F)c1)N1CCN(c2cnn(C)c2)C(=O)C1. The number of carbonyl (C=O) groups is 1. The molecule has 3 rings (SSSR count). The summed E-state index contributed by atoms with van der Waals surface area (Å²) < 4.78 is 30.9. The number of aryl methyl sites for hydroxylation is 1. The lowest BCUT2D eigenvalue weighted by Gasteiger charge is -2.35. The highest BCUT2D eigenvalue weighted by molar-refractivity contribution is 5.98. The highest BCUT2D eigenvalue weighted by atomic mass is 19.3. The van der Waals surface area contributed by atoms with Gasteiger partial charge in [0.25, 0.3) is 0 Å². The van der Waals surface area contributed by atoms with Crippen molar-refractivity contribution in [3.8, 4) is 5.75 Å². The maximum absolute atomic E-state index is 12.6. The number of nitrogens with one attached hydrogen (secondary N) is 1. The van der Waals surface area contributed by atoms with Crippen LogP contribution in [0.1, 0.15) is 12.5 Å². The average Bonchev–Trinajstić information content (AvgIpc) is 3.11. The Balaban J connectivity index is 1.67. The van der Waals surface area contributed by atoms with Gasteiger partial charge in [-0.05, 0) is 24.6 Å². The van der Waals surface area contributed by atoms with Crippen LogP contribution in [-0.4, -0.2) is 59.3 Å². The Labute approximate surface area is 167 Å². The number of carbonyl (C=O) groups excluding carboxylic acids is 1. The van der Waals surface area contributed by atoms with Gasteiger partial charge in [-0.2, -0.15) is 13.9 Å². The minimum atomic E-state index is -2.87. The van der Waals surface area contributed by atoms with E-state index < -0.39 is 6.61 Å². The molecule has 1 fully saturated rings. The molecule has 8 nitrogen and oxygen atoms in total. The van der Waals surface area contributed by atoms with Crippen LogP contribution in [0.15, 0.2) is 41.7 Å². The van der Waals surface area contributed by atoms with Crippen molar-refractivity contribution in [2.24, 2.45) is 12.0 Å². The summed E-state index contributed by atoms with van der Waals surface area (Å²) in [7, 11) is 1.81. The molecule has 1 amide bonds. The highest BCUT2D eigenvalue weighted by Crippen LogP contribution is 2.18. The van der Waals surface area contributed by atoms with E-state index in [1.54, 1.807) is 34.1 Å². The van der Waals surface area contributed by atoms with E-state index in [1.807, 2.05) is 18.9 Å². The Morgan fingerprint density at radius 3 is 2.86 bits per heavy atom. The first kappa shape index (κ1) is 20.6. The van der Waals surface area contributed by atoms with Crippen molar-refractivity contribution in [2.45, 2.75) is 20.1 Å². The van der Waals surface area contributed by atoms with Crippen molar-refractivity contribution < 1.29 is 18.3 Å². The fourth-order valence-electron chi connectivity index (χ4n) is 3.09. The Morgan fingerprint density at radius 1 is 1.38 bits per heavy atom. The first-order valence-electron chi connectivity index (χ1n) is 9.32. The smallest absolute Gasteiger partial charge is 0.387 e. The van der Waals surface area contributed by atoms with E-state index in [9.17, 15) is 13.6 Å². The van der Waals surface area contributed by atoms with Gasteiger partial charge in [-0.15, -0.1) is 0 Å². The number of halogens is 2. The summed E-state index contributed by atoms with van der Waals surface area (Å²) in [5.41, 5.74) is 1.51. The van der Waals surface area contributed by atoms with Crippen LogP contribution in [0.5, 0.6) is 5.75 Å². The lowest BCUT2D eigenvalue weighted by molar-refractivity contribution is -0.120. The third-order valence-electron chi connectivity index (χ3n) is 4.39. The van der Waals surface area contributed by atoms with E-state index in [0.717, 1.165) is 11.3 Å². The average molecular weight is 406 g/mol. The molecular formula is C19H24F2N6O2. The van der Waals surface area contributed by atoms with E-state index in [0.29, 0.717) is 25.6 Å². The molecule has 29 heavy (non-hydrogen) atoms. The molecule has 0 spiro atoms. The molecule has 0 radical (unpaired) electrons. The molecule has 2 aromatic rings. The lowest BCUT2D eigenvalue weighted by Crippen LogP contribution is -2.55. The van der Waals surface area contributed by atoms with Crippen molar-refractivity contribution in [3.63, 3.8) is 0 Å². The molecule has 1 saturated heterocycles. The van der Waals surface area contributed by atoms with Crippen molar-refractivity contribution in [1.29, 1.82) is 0 Å². The van der Waals surface area contributed by atoms with Gasteiger partial charge in [0.1, 0.15) is 12.3 Å². The zero-order valence-electron chi connectivity index (χ0n) is 16.4. The summed E-state index contributed by atoms with van der Waals surface area (Å²) in [5.74, 6) is 0.659. The predicted octanol–water partition coefficient (Wildman–Crippen LogP) is 1.84. The molecule has 2 heterocycles. The summed E-state index contributed by atoms with van der Waals surface area (Å²) in [4.78, 5) is 20.8. The first-order valence-corrected chi connectivity index (χ1v) is 9.32. The fraction of sp³-hybridized carbons (Fsp3) is 0.421. The van der Waals surface area contributed by atoms with Crippen molar-refractivity contribution in [2.75, 3.05) is 31.1 Å². The van der Waals surface area contributed by atoms with Crippen LogP contribution in [0.4, 0.5) is 14.5 Å². The second kappa shape index (κ2) is 9.35. The Bertz CT molecular complexity index is 870. The van der Waals surface area contributed by atoms with Crippen LogP contribution in [-0.2, 0) is 18.4 Å². The number of piperazine rings is 1. The third kappa shape index (κ3) is 5.43. The van der Waals surface area contributed by atoms with Crippen LogP contribution < -0.4 is 15.0 Å². The molecule has 1 N–H and O–H groups in total. The second-order valence-corrected chi connectivity index (χ2v) is 6.54. The number of benzene rings is 1. The van der Waals surface area contributed by atoms with Gasteiger partial charge in [-0.1, -0.05) is 12.1 Å². The zero-order valence-corrected chi connectivity index (χ0v) is 16.4. The molecule has 0 unspecified atom stereocenters. The van der Waals surface area contributed by atoms with Gasteiger partial charge in [0.2, 0.25) is 5.91 Å². The van der Waals surface area contributed by atoms with Gasteiger partial charge < -0.3 is 19.9 Å². The Morgan fingerprint density at radius 2 is 2.21 bits per heavy atom. The topological polar surface area (TPSA) is 75.0 Å². The maximum atomic E-state index is 12.6. The number of amides is 1. The van der Waals surface area contributed by atoms with Gasteiger partial charge in [-0.3, -0.25) is 9.48 Å². The fourth-order valence-corrected chi connectivity index (χ4v) is 3.09. The molecule has 1 aliphatic rings. The van der Waals surface area contributed by atoms with Crippen LogP contribution in [0.25, 0.3) is 0 Å². The normalized spacial score (nSPS) is 15.2. The van der Waals surface area contributed by atoms with E-state index in [4.69, 9.17) is 0 Å². The number of guanidine groups is 1. The number of aromatic nitrogens is 2. The van der Waals surface area contributed by atoms with E-state index >= 15 is 0 Å². The van der Waals surface area contributed by atoms with Gasteiger partial charge in [0.15, 0.2) is 5.96 Å². The summed E-state index contributed by atoms with van der Waals surface area (Å²) in [5, 5.41) is 7.30. The number of ether oxygens (including phenoxy) is 1. The molecule has 0 aliphatic carbocycles. The van der Waals surface area contributed by atoms with Gasteiger partial charge >= 0.3 is 6.61 Å². The van der Waals surface area contributed by atoms with Gasteiger partial charge in [-0.25, -0.2) is 4.99 Å². The minimum absolute atomic E-state index is 0.0396. The third-order valence-corrected chi connectivity index (χ3v) is 4.39. The molecule has 0 atom stereocenters. The zero-order chi connectivity index (χ0) is 20.8. The van der Waals surface area contributed by atoms with Gasteiger partial charge in [0.05, 0.1) is 18.4 Å². The quantitative estimate of drug-likeness (QED) is 0.585. The number of alkyl halides is 2. The van der Waals surface area contributed by atoms with Gasteiger partial charge in [0, 0.05) is 32.9 Å². The number of anilines is 1. The van der Waals surface area contributed by atoms with E-state index in [1.165, 1.54) is 12.1 Å². The Kier molecular flexibility index (Phi) is 6.63. The van der Waals surface area contributed by atoms with Crippen molar-refractivity contribution in [3.05, 3.63) is 42.2 Å². The predicted molar refractivity (Wildman–Crippen MR) is 105 cm³/mol. The monoisotopic (exact) mass is 406 g/mol. The molecule has 156 valence electrons. The number of hydrogen-bond donors (Lipinski definition) is 1. The molecule has 1 aromatic heterocycles. The summed E-state index contributed by atoms with van der Waals surface area (Å²) in [6.07, 6.45) is 3.47. The Hall–Kier alpha value is -3.17. The van der Waals surface area contributed by atoms with Crippen molar-refractivity contribution in [1.82, 2.24) is 20.0 Å². The molecular weight excluding hydrogens is 382 g/mol. The summed E-state index contributed by atoms with van der Waals surface area (Å²) in [6, 6.07) is 6.44. The van der Waals surface area contributed by atoms with Crippen LogP contribution >= 0.6 is 0 Å². The van der Waals surface area contributed by atoms with Crippen LogP contribution in [0.3, 0.4) is 0 Å². The van der Waals surface area contributed by atoms with Crippen LogP contribution in [0.2, 0.25) is 0 Å². The molecule has 0 saturated carbocycles. The maximum Gasteiger partial charge on any atom is 0.387 e. The number of aliphatic imine (C=N–C) groups is 1. The molecule has 10 heteroatoms. The molecule has 1 aliphatic heterocycles. The van der Waals surface area contributed by atoms with Crippen molar-refractivity contribution >= 4 is 17.6 Å². The minimum Gasteiger partial charge on any atom is -0.435 e. The molecule has 0 bridgehead atoms. The van der Waals surface area contributed by atoms with Crippen LogP contribution in [0, 0.1) is 0 Å².